The fraction of sp³-hybridized carbons (Fsp3) is 0.861. The minimum absolute atomic E-state index is 0.235. The number of aliphatic hydroxyl groups excluding tert-OH is 5. The third kappa shape index (κ3) is 21.2. The van der Waals surface area contributed by atoms with Crippen molar-refractivity contribution in [3.05, 3.63) is 24.3 Å². The Hall–Kier alpha value is -1.46. The van der Waals surface area contributed by atoms with Crippen LogP contribution in [0.4, 0.5) is 0 Å². The SMILES string of the molecule is CCCCC/C=C/C(O)C(COC1OC(CO)C(O)C(OS(=O)(=O)O)C1O)NC(=O)C(O)CCCCCCCC/C=C\CCCCCCCC. The van der Waals surface area contributed by atoms with E-state index in [1.807, 2.05) is 0 Å². The second kappa shape index (κ2) is 28.1. The van der Waals surface area contributed by atoms with Crippen molar-refractivity contribution in [2.45, 2.75) is 185 Å². The Morgan fingerprint density at radius 2 is 1.32 bits per heavy atom. The van der Waals surface area contributed by atoms with Crippen LogP contribution in [0, 0.1) is 0 Å². The minimum atomic E-state index is -5.10. The molecule has 8 unspecified atom stereocenters. The van der Waals surface area contributed by atoms with Gasteiger partial charge in [0.1, 0.15) is 30.5 Å². The van der Waals surface area contributed by atoms with E-state index in [0.29, 0.717) is 12.8 Å². The summed E-state index contributed by atoms with van der Waals surface area (Å²) in [6.07, 6.45) is 16.3. The van der Waals surface area contributed by atoms with Crippen LogP contribution in [0.3, 0.4) is 0 Å². The van der Waals surface area contributed by atoms with Gasteiger partial charge in [-0.05, 0) is 44.9 Å². The summed E-state index contributed by atoms with van der Waals surface area (Å²) in [5, 5.41) is 54.4. The van der Waals surface area contributed by atoms with Gasteiger partial charge in [-0.1, -0.05) is 115 Å². The van der Waals surface area contributed by atoms with Crippen molar-refractivity contribution in [3.63, 3.8) is 0 Å². The standard InChI is InChI=1S/C36H67NO12S/c1-3-5-7-9-10-11-12-13-14-15-16-17-18-19-21-23-25-30(40)35(43)37-28(29(39)24-22-20-8-6-4-2)27-47-36-33(42)34(49-50(44,45)46)32(41)31(26-38)48-36/h13-14,22,24,28-34,36,38-42H,3-12,15-21,23,25-27H2,1-2H3,(H,37,43)(H,44,45,46)/b14-13-,24-22+. The van der Waals surface area contributed by atoms with Gasteiger partial charge < -0.3 is 40.3 Å². The van der Waals surface area contributed by atoms with Gasteiger partial charge >= 0.3 is 10.4 Å². The number of nitrogens with one attached hydrogen (secondary N) is 1. The molecule has 8 atom stereocenters. The second-order valence-corrected chi connectivity index (χ2v) is 14.3. The molecule has 0 aromatic carbocycles. The van der Waals surface area contributed by atoms with Crippen LogP contribution in [0.25, 0.3) is 0 Å². The van der Waals surface area contributed by atoms with Crippen LogP contribution < -0.4 is 5.32 Å². The number of ether oxygens (including phenoxy) is 2. The van der Waals surface area contributed by atoms with Gasteiger partial charge in [0.15, 0.2) is 6.29 Å². The van der Waals surface area contributed by atoms with Crippen LogP contribution >= 0.6 is 0 Å². The van der Waals surface area contributed by atoms with Crippen molar-refractivity contribution in [3.8, 4) is 0 Å². The Labute approximate surface area is 300 Å². The van der Waals surface area contributed by atoms with Crippen molar-refractivity contribution in [1.82, 2.24) is 5.32 Å². The van der Waals surface area contributed by atoms with E-state index < -0.39 is 78.5 Å². The van der Waals surface area contributed by atoms with E-state index >= 15 is 0 Å². The van der Waals surface area contributed by atoms with E-state index in [1.165, 1.54) is 44.6 Å². The number of hydrogen-bond donors (Lipinski definition) is 7. The van der Waals surface area contributed by atoms with Gasteiger partial charge in [0.2, 0.25) is 5.91 Å². The molecule has 1 aliphatic heterocycles. The monoisotopic (exact) mass is 737 g/mol. The molecule has 0 aromatic heterocycles. The lowest BCUT2D eigenvalue weighted by molar-refractivity contribution is -0.298. The van der Waals surface area contributed by atoms with Crippen molar-refractivity contribution < 1.29 is 57.0 Å². The number of allylic oxidation sites excluding steroid dienone is 3. The molecular formula is C36H67NO12S. The number of amides is 1. The van der Waals surface area contributed by atoms with E-state index in [1.54, 1.807) is 6.08 Å². The van der Waals surface area contributed by atoms with Crippen LogP contribution in [-0.4, -0.2) is 107 Å². The number of hydrogen-bond acceptors (Lipinski definition) is 11. The highest BCUT2D eigenvalue weighted by atomic mass is 32.3. The second-order valence-electron chi connectivity index (χ2n) is 13.3. The maximum absolute atomic E-state index is 12.9. The van der Waals surface area contributed by atoms with Gasteiger partial charge in [0, 0.05) is 0 Å². The lowest BCUT2D eigenvalue weighted by atomic mass is 9.99. The van der Waals surface area contributed by atoms with E-state index in [2.05, 4.69) is 35.5 Å². The quantitative estimate of drug-likeness (QED) is 0.0311. The van der Waals surface area contributed by atoms with Crippen molar-refractivity contribution >= 4 is 16.3 Å². The lowest BCUT2D eigenvalue weighted by Crippen LogP contribution is -2.61. The van der Waals surface area contributed by atoms with Crippen LogP contribution in [0.2, 0.25) is 0 Å². The van der Waals surface area contributed by atoms with Crippen molar-refractivity contribution in [2.24, 2.45) is 0 Å². The van der Waals surface area contributed by atoms with Gasteiger partial charge in [-0.25, -0.2) is 4.18 Å². The average molecular weight is 738 g/mol. The first-order valence-corrected chi connectivity index (χ1v) is 20.2. The Morgan fingerprint density at radius 1 is 0.800 bits per heavy atom. The van der Waals surface area contributed by atoms with Crippen LogP contribution in [0.5, 0.6) is 0 Å². The molecular weight excluding hydrogens is 670 g/mol. The minimum Gasteiger partial charge on any atom is -0.394 e. The molecule has 0 spiro atoms. The number of unbranched alkanes of at least 4 members (excludes halogenated alkanes) is 15. The number of carbonyl (C=O) groups excluding carboxylic acids is 1. The van der Waals surface area contributed by atoms with Crippen molar-refractivity contribution in [2.75, 3.05) is 13.2 Å². The highest BCUT2D eigenvalue weighted by molar-refractivity contribution is 7.80. The third-order valence-electron chi connectivity index (χ3n) is 8.83. The summed E-state index contributed by atoms with van der Waals surface area (Å²) in [4.78, 5) is 12.9. The molecule has 50 heavy (non-hydrogen) atoms. The lowest BCUT2D eigenvalue weighted by Gasteiger charge is -2.41. The Balaban J connectivity index is 2.56. The Kier molecular flexibility index (Phi) is 26.2. The maximum atomic E-state index is 12.9. The molecule has 7 N–H and O–H groups in total. The van der Waals surface area contributed by atoms with Gasteiger partial charge in [-0.15, -0.1) is 0 Å². The molecule has 13 nitrogen and oxygen atoms in total. The molecule has 1 fully saturated rings. The molecule has 1 saturated heterocycles. The van der Waals surface area contributed by atoms with E-state index in [-0.39, 0.29) is 6.42 Å². The highest BCUT2D eigenvalue weighted by Crippen LogP contribution is 2.26. The van der Waals surface area contributed by atoms with Gasteiger partial charge in [0.05, 0.1) is 25.4 Å². The smallest absolute Gasteiger partial charge is 0.394 e. The summed E-state index contributed by atoms with van der Waals surface area (Å²) < 4.78 is 47.0. The summed E-state index contributed by atoms with van der Waals surface area (Å²) >= 11 is 0. The summed E-state index contributed by atoms with van der Waals surface area (Å²) in [6.45, 7) is 3.03. The molecule has 0 saturated carbocycles. The molecule has 0 aliphatic carbocycles. The molecule has 0 aromatic rings. The first-order valence-electron chi connectivity index (χ1n) is 18.8. The topological polar surface area (TPSA) is 212 Å². The highest BCUT2D eigenvalue weighted by Gasteiger charge is 2.48. The summed E-state index contributed by atoms with van der Waals surface area (Å²) in [5.74, 6) is -0.717. The number of rotatable bonds is 30. The molecule has 1 aliphatic rings. The van der Waals surface area contributed by atoms with E-state index in [4.69, 9.17) is 14.0 Å². The normalized spacial score (nSPS) is 23.4. The predicted molar refractivity (Wildman–Crippen MR) is 191 cm³/mol. The summed E-state index contributed by atoms with van der Waals surface area (Å²) in [5.41, 5.74) is 0. The van der Waals surface area contributed by atoms with Gasteiger partial charge in [0.25, 0.3) is 0 Å². The van der Waals surface area contributed by atoms with Gasteiger partial charge in [-0.3, -0.25) is 9.35 Å². The molecule has 1 amide bonds. The molecule has 294 valence electrons. The Bertz CT molecular complexity index is 1030. The fourth-order valence-corrected chi connectivity index (χ4v) is 6.25. The van der Waals surface area contributed by atoms with Crippen LogP contribution in [0.15, 0.2) is 24.3 Å². The molecule has 14 heteroatoms. The first kappa shape index (κ1) is 46.6. The maximum Gasteiger partial charge on any atom is 0.397 e. The van der Waals surface area contributed by atoms with Crippen LogP contribution in [-0.2, 0) is 28.9 Å². The average Bonchev–Trinajstić information content (AvgIpc) is 3.08. The zero-order chi connectivity index (χ0) is 37.2. The summed E-state index contributed by atoms with van der Waals surface area (Å²) in [7, 11) is -5.10. The first-order chi connectivity index (χ1) is 23.9. The third-order valence-corrected chi connectivity index (χ3v) is 9.30. The van der Waals surface area contributed by atoms with E-state index in [0.717, 1.165) is 64.2 Å². The molecule has 1 heterocycles. The molecule has 1 rings (SSSR count). The Morgan fingerprint density at radius 3 is 1.90 bits per heavy atom. The zero-order valence-electron chi connectivity index (χ0n) is 30.3. The largest absolute Gasteiger partial charge is 0.397 e. The summed E-state index contributed by atoms with van der Waals surface area (Å²) in [6, 6.07) is -1.12. The molecule has 0 bridgehead atoms. The van der Waals surface area contributed by atoms with Crippen molar-refractivity contribution in [1.29, 1.82) is 0 Å². The predicted octanol–water partition coefficient (Wildman–Crippen LogP) is 4.40. The number of carbonyl (C=O) groups is 1. The fourth-order valence-electron chi connectivity index (χ4n) is 5.75. The van der Waals surface area contributed by atoms with Crippen LogP contribution in [0.1, 0.15) is 136 Å². The zero-order valence-corrected chi connectivity index (χ0v) is 31.1. The van der Waals surface area contributed by atoms with E-state index in [9.17, 15) is 38.7 Å². The molecule has 0 radical (unpaired) electrons. The number of aliphatic hydroxyl groups is 5. The van der Waals surface area contributed by atoms with Gasteiger partial charge in [-0.2, -0.15) is 8.42 Å².